The normalized spacial score (nSPS) is 7.07. The largest absolute Gasteiger partial charge is 0.636 e. The molecular weight excluding hydrogens is 277 g/mol. The maximum atomic E-state index is 9.93. The van der Waals surface area contributed by atoms with Gasteiger partial charge >= 0.3 is 0 Å². The van der Waals surface area contributed by atoms with Crippen LogP contribution in [0.2, 0.25) is 0 Å². The molecule has 0 aliphatic rings. The first kappa shape index (κ1) is 19.8. The molecular formula is C8H10N2O4Y-4. The molecule has 0 aromatic carbocycles. The van der Waals surface area contributed by atoms with Gasteiger partial charge in [-0.1, -0.05) is 12.8 Å². The molecule has 7 heteroatoms. The molecule has 0 fully saturated rings. The van der Waals surface area contributed by atoms with Crippen LogP contribution in [0.15, 0.2) is 0 Å². The van der Waals surface area contributed by atoms with Gasteiger partial charge in [-0.2, -0.15) is 12.8 Å². The molecule has 0 unspecified atom stereocenters. The van der Waals surface area contributed by atoms with E-state index in [1.807, 2.05) is 0 Å². The van der Waals surface area contributed by atoms with Crippen molar-refractivity contribution in [2.24, 2.45) is 0 Å². The maximum absolute atomic E-state index is 9.93. The van der Waals surface area contributed by atoms with Crippen molar-refractivity contribution in [3.8, 4) is 0 Å². The van der Waals surface area contributed by atoms with Crippen LogP contribution in [0.1, 0.15) is 6.92 Å². The third-order valence-electron chi connectivity index (χ3n) is 1.05. The standard InChI is InChI=1S/2C4H5NO2.Y/c1-4(7)5(2)3-6;1-2-5(3-6)4-7;/h1H2,2H3;2H2,1H3;/q2*-2;. The SMILES string of the molecule is CCN([C-]=O)[C-]=O.[CH2-]C(=O)N(C)[C-]=O.[Y]. The third kappa shape index (κ3) is 13.3. The van der Waals surface area contributed by atoms with Crippen molar-refractivity contribution in [2.75, 3.05) is 13.6 Å². The molecule has 83 valence electrons. The fourth-order valence-electron chi connectivity index (χ4n) is 0.199. The molecule has 0 aliphatic heterocycles. The van der Waals surface area contributed by atoms with Gasteiger partial charge in [0.05, 0.1) is 6.41 Å². The minimum Gasteiger partial charge on any atom is -0.636 e. The van der Waals surface area contributed by atoms with E-state index in [9.17, 15) is 19.2 Å². The molecule has 0 atom stereocenters. The van der Waals surface area contributed by atoms with Gasteiger partial charge in [0.15, 0.2) is 0 Å². The van der Waals surface area contributed by atoms with Crippen molar-refractivity contribution < 1.29 is 51.9 Å². The summed E-state index contributed by atoms with van der Waals surface area (Å²) in [5, 5.41) is 0. The molecule has 15 heavy (non-hydrogen) atoms. The van der Waals surface area contributed by atoms with Gasteiger partial charge in [-0.25, -0.2) is 0 Å². The van der Waals surface area contributed by atoms with E-state index in [0.717, 1.165) is 9.80 Å². The van der Waals surface area contributed by atoms with Crippen molar-refractivity contribution >= 4 is 25.1 Å². The maximum Gasteiger partial charge on any atom is 0.0719 e. The van der Waals surface area contributed by atoms with E-state index in [-0.39, 0.29) is 32.7 Å². The number of hydrogen-bond donors (Lipinski definition) is 0. The fourth-order valence-corrected chi connectivity index (χ4v) is 0.199. The number of rotatable bonds is 4. The van der Waals surface area contributed by atoms with E-state index in [2.05, 4.69) is 6.92 Å². The Hall–Kier alpha value is -0.746. The van der Waals surface area contributed by atoms with Gasteiger partial charge in [-0.15, -0.1) is 0 Å². The van der Waals surface area contributed by atoms with Gasteiger partial charge in [-0.3, -0.25) is 0 Å². The summed E-state index contributed by atoms with van der Waals surface area (Å²) >= 11 is 0. The molecule has 0 spiro atoms. The zero-order valence-electron chi connectivity index (χ0n) is 8.52. The Morgan fingerprint density at radius 3 is 1.60 bits per heavy atom. The van der Waals surface area contributed by atoms with Crippen LogP contribution >= 0.6 is 0 Å². The number of nitrogens with zero attached hydrogens (tertiary/aromatic N) is 2. The first-order chi connectivity index (χ1) is 6.53. The van der Waals surface area contributed by atoms with Gasteiger partial charge in [0.2, 0.25) is 0 Å². The van der Waals surface area contributed by atoms with Crippen molar-refractivity contribution in [1.82, 2.24) is 9.80 Å². The van der Waals surface area contributed by atoms with Crippen LogP contribution in [0.25, 0.3) is 0 Å². The van der Waals surface area contributed by atoms with Crippen LogP contribution in [-0.4, -0.2) is 48.5 Å². The minimum absolute atomic E-state index is 0. The molecule has 0 aromatic heterocycles. The van der Waals surface area contributed by atoms with Gasteiger partial charge < -0.3 is 35.9 Å². The molecule has 0 aromatic rings. The molecule has 4 amide bonds. The minimum atomic E-state index is -0.546. The second-order valence-corrected chi connectivity index (χ2v) is 1.97. The Kier molecular flexibility index (Phi) is 17.5. The second kappa shape index (κ2) is 13.3. The summed E-state index contributed by atoms with van der Waals surface area (Å²) in [6.07, 6.45) is 4.06. The average Bonchev–Trinajstić information content (AvgIpc) is 2.20. The Bertz CT molecular complexity index is 195. The predicted octanol–water partition coefficient (Wildman–Crippen LogP) is -1.21. The van der Waals surface area contributed by atoms with E-state index < -0.39 is 5.91 Å². The van der Waals surface area contributed by atoms with Crippen LogP contribution in [0.5, 0.6) is 0 Å². The third-order valence-corrected chi connectivity index (χ3v) is 1.05. The zero-order valence-corrected chi connectivity index (χ0v) is 11.4. The van der Waals surface area contributed by atoms with Crippen LogP contribution in [-0.2, 0) is 51.9 Å². The number of carbonyl (C=O) groups is 1. The molecule has 1 radical (unpaired) electrons. The quantitative estimate of drug-likeness (QED) is 0.480. The molecule has 0 N–H and O–H groups in total. The van der Waals surface area contributed by atoms with Crippen LogP contribution in [0.3, 0.4) is 0 Å². The Morgan fingerprint density at radius 2 is 1.60 bits per heavy atom. The summed E-state index contributed by atoms with van der Waals surface area (Å²) in [7, 11) is 1.29. The van der Waals surface area contributed by atoms with Crippen molar-refractivity contribution in [3.63, 3.8) is 0 Å². The fraction of sp³-hybridized carbons (Fsp3) is 0.375. The Labute approximate surface area is 114 Å². The molecule has 6 nitrogen and oxygen atoms in total. The predicted molar refractivity (Wildman–Crippen MR) is 47.6 cm³/mol. The van der Waals surface area contributed by atoms with E-state index in [1.54, 1.807) is 6.92 Å². The molecule has 0 saturated heterocycles. The van der Waals surface area contributed by atoms with Gasteiger partial charge in [0.25, 0.3) is 0 Å². The number of carbonyl (C=O) groups excluding carboxylic acids is 4. The summed E-state index contributed by atoms with van der Waals surface area (Å²) in [4.78, 5) is 39.9. The smallest absolute Gasteiger partial charge is 0.0719 e. The van der Waals surface area contributed by atoms with Gasteiger partial charge in [0.1, 0.15) is 0 Å². The monoisotopic (exact) mass is 287 g/mol. The molecule has 0 rings (SSSR count). The van der Waals surface area contributed by atoms with E-state index in [1.165, 1.54) is 26.3 Å². The molecule has 0 heterocycles. The zero-order chi connectivity index (χ0) is 11.6. The van der Waals surface area contributed by atoms with Gasteiger partial charge in [-0.05, 0) is 13.6 Å². The average molecular weight is 287 g/mol. The van der Waals surface area contributed by atoms with E-state index in [4.69, 9.17) is 0 Å². The Morgan fingerprint density at radius 1 is 1.20 bits per heavy atom. The number of imide groups is 2. The van der Waals surface area contributed by atoms with Crippen LogP contribution in [0, 0.1) is 6.92 Å². The number of hydrogen-bond acceptors (Lipinski definition) is 4. The summed E-state index contributed by atoms with van der Waals surface area (Å²) in [6, 6.07) is 0. The first-order valence-electron chi connectivity index (χ1n) is 3.54. The first-order valence-corrected chi connectivity index (χ1v) is 3.54. The van der Waals surface area contributed by atoms with Crippen LogP contribution < -0.4 is 0 Å². The summed E-state index contributed by atoms with van der Waals surface area (Å²) in [5.41, 5.74) is 0. The van der Waals surface area contributed by atoms with Crippen molar-refractivity contribution in [3.05, 3.63) is 6.92 Å². The molecule has 0 aliphatic carbocycles. The van der Waals surface area contributed by atoms with Crippen molar-refractivity contribution in [2.45, 2.75) is 6.92 Å². The van der Waals surface area contributed by atoms with E-state index in [0.29, 0.717) is 6.54 Å². The van der Waals surface area contributed by atoms with Crippen LogP contribution in [0.4, 0.5) is 0 Å². The summed E-state index contributed by atoms with van der Waals surface area (Å²) < 4.78 is 0. The topological polar surface area (TPSA) is 74.8 Å². The number of amides is 4. The Balaban J connectivity index is -0.000000180. The van der Waals surface area contributed by atoms with Gasteiger partial charge in [0, 0.05) is 32.7 Å². The second-order valence-electron chi connectivity index (χ2n) is 1.97. The van der Waals surface area contributed by atoms with E-state index >= 15 is 0 Å². The summed E-state index contributed by atoms with van der Waals surface area (Å²) in [5.74, 6) is -0.546. The molecule has 0 saturated carbocycles. The summed E-state index contributed by atoms with van der Waals surface area (Å²) in [6.45, 7) is 4.94. The van der Waals surface area contributed by atoms with Crippen molar-refractivity contribution in [1.29, 1.82) is 0 Å². The molecule has 0 bridgehead atoms.